The van der Waals surface area contributed by atoms with Crippen LogP contribution in [0.4, 0.5) is 5.69 Å². The molecule has 1 fully saturated rings. The Balaban J connectivity index is 1.61. The van der Waals surface area contributed by atoms with Crippen molar-refractivity contribution in [3.05, 3.63) is 82.9 Å². The van der Waals surface area contributed by atoms with E-state index in [0.717, 1.165) is 6.07 Å². The summed E-state index contributed by atoms with van der Waals surface area (Å²) in [5.41, 5.74) is -0.337. The summed E-state index contributed by atoms with van der Waals surface area (Å²) in [5.74, 6) is 1.61. The minimum atomic E-state index is -4.02. The van der Waals surface area contributed by atoms with Gasteiger partial charge in [-0.15, -0.1) is 0 Å². The van der Waals surface area contributed by atoms with E-state index in [1.807, 2.05) is 30.3 Å². The molecule has 0 atom stereocenters. The van der Waals surface area contributed by atoms with E-state index < -0.39 is 14.9 Å². The van der Waals surface area contributed by atoms with Crippen molar-refractivity contribution in [1.29, 1.82) is 0 Å². The van der Waals surface area contributed by atoms with Crippen molar-refractivity contribution in [2.75, 3.05) is 26.3 Å². The maximum absolute atomic E-state index is 13.2. The highest BCUT2D eigenvalue weighted by molar-refractivity contribution is 7.89. The van der Waals surface area contributed by atoms with Crippen LogP contribution >= 0.6 is 0 Å². The highest BCUT2D eigenvalue weighted by Gasteiger charge is 2.31. The number of nitro groups is 1. The standard InChI is InChI=1S/C22H20N2O7S/c25-24(26)17-6-11-21(22(16-17)32(27,28)23-12-14-29-15-13-23)31-20-9-7-19(8-10-20)30-18-4-2-1-3-5-18/h1-11,16H,12-15H2. The van der Waals surface area contributed by atoms with E-state index in [9.17, 15) is 18.5 Å². The van der Waals surface area contributed by atoms with Crippen LogP contribution in [0.25, 0.3) is 0 Å². The summed E-state index contributed by atoms with van der Waals surface area (Å²) in [7, 11) is -4.02. The van der Waals surface area contributed by atoms with Crippen LogP contribution in [0.5, 0.6) is 23.0 Å². The molecule has 166 valence electrons. The molecule has 1 aliphatic heterocycles. The van der Waals surface area contributed by atoms with Gasteiger partial charge in [0.15, 0.2) is 0 Å². The topological polar surface area (TPSA) is 108 Å². The van der Waals surface area contributed by atoms with Crippen LogP contribution in [0.3, 0.4) is 0 Å². The van der Waals surface area contributed by atoms with Gasteiger partial charge in [-0.1, -0.05) is 18.2 Å². The van der Waals surface area contributed by atoms with Gasteiger partial charge in [0.05, 0.1) is 18.1 Å². The molecule has 0 aliphatic carbocycles. The van der Waals surface area contributed by atoms with Gasteiger partial charge in [0.1, 0.15) is 27.9 Å². The van der Waals surface area contributed by atoms with E-state index >= 15 is 0 Å². The fourth-order valence-electron chi connectivity index (χ4n) is 3.15. The van der Waals surface area contributed by atoms with Crippen LogP contribution < -0.4 is 9.47 Å². The van der Waals surface area contributed by atoms with E-state index in [0.29, 0.717) is 17.2 Å². The minimum absolute atomic E-state index is 0.00109. The normalized spacial score (nSPS) is 14.6. The second-order valence-corrected chi connectivity index (χ2v) is 8.80. The van der Waals surface area contributed by atoms with Gasteiger partial charge < -0.3 is 14.2 Å². The van der Waals surface area contributed by atoms with Gasteiger partial charge in [-0.25, -0.2) is 8.42 Å². The van der Waals surface area contributed by atoms with E-state index in [2.05, 4.69) is 0 Å². The minimum Gasteiger partial charge on any atom is -0.457 e. The molecule has 1 heterocycles. The number of hydrogen-bond donors (Lipinski definition) is 0. The second-order valence-electron chi connectivity index (χ2n) is 6.89. The summed E-state index contributed by atoms with van der Waals surface area (Å²) in [4.78, 5) is 10.3. The number of nitro benzene ring substituents is 1. The van der Waals surface area contributed by atoms with Crippen molar-refractivity contribution in [2.24, 2.45) is 0 Å². The summed E-state index contributed by atoms with van der Waals surface area (Å²) in [6.07, 6.45) is 0. The van der Waals surface area contributed by atoms with Crippen molar-refractivity contribution in [3.8, 4) is 23.0 Å². The van der Waals surface area contributed by atoms with Crippen molar-refractivity contribution >= 4 is 15.7 Å². The predicted octanol–water partition coefficient (Wildman–Crippen LogP) is 4.20. The predicted molar refractivity (Wildman–Crippen MR) is 116 cm³/mol. The molecule has 0 bridgehead atoms. The van der Waals surface area contributed by atoms with Gasteiger partial charge in [0.25, 0.3) is 5.69 Å². The SMILES string of the molecule is O=[N+]([O-])c1ccc(Oc2ccc(Oc3ccccc3)cc2)c(S(=O)(=O)N2CCOCC2)c1. The molecule has 0 amide bonds. The van der Waals surface area contributed by atoms with Gasteiger partial charge in [-0.3, -0.25) is 10.1 Å². The van der Waals surface area contributed by atoms with Crippen molar-refractivity contribution in [3.63, 3.8) is 0 Å². The molecule has 4 rings (SSSR count). The molecule has 0 unspecified atom stereocenters. The average molecular weight is 456 g/mol. The smallest absolute Gasteiger partial charge is 0.271 e. The van der Waals surface area contributed by atoms with Crippen LogP contribution in [-0.4, -0.2) is 43.9 Å². The lowest BCUT2D eigenvalue weighted by molar-refractivity contribution is -0.385. The molecule has 0 N–H and O–H groups in total. The molecule has 9 nitrogen and oxygen atoms in total. The first-order valence-electron chi connectivity index (χ1n) is 9.81. The first-order chi connectivity index (χ1) is 15.4. The van der Waals surface area contributed by atoms with Gasteiger partial charge in [-0.2, -0.15) is 4.31 Å². The lowest BCUT2D eigenvalue weighted by Crippen LogP contribution is -2.40. The fraction of sp³-hybridized carbons (Fsp3) is 0.182. The van der Waals surface area contributed by atoms with Crippen molar-refractivity contribution in [1.82, 2.24) is 4.31 Å². The third kappa shape index (κ3) is 4.88. The first-order valence-corrected chi connectivity index (χ1v) is 11.2. The zero-order valence-electron chi connectivity index (χ0n) is 16.9. The van der Waals surface area contributed by atoms with Crippen molar-refractivity contribution < 1.29 is 27.6 Å². The Bertz CT molecular complexity index is 1190. The Morgan fingerprint density at radius 1 is 0.844 bits per heavy atom. The van der Waals surface area contributed by atoms with Gasteiger partial charge in [0.2, 0.25) is 10.0 Å². The molecular weight excluding hydrogens is 436 g/mol. The second kappa shape index (κ2) is 9.35. The number of morpholine rings is 1. The number of rotatable bonds is 7. The number of ether oxygens (including phenoxy) is 3. The van der Waals surface area contributed by atoms with Gasteiger partial charge >= 0.3 is 0 Å². The molecule has 10 heteroatoms. The largest absolute Gasteiger partial charge is 0.457 e. The average Bonchev–Trinajstić information content (AvgIpc) is 2.81. The van der Waals surface area contributed by atoms with E-state index in [-0.39, 0.29) is 42.6 Å². The lowest BCUT2D eigenvalue weighted by Gasteiger charge is -2.26. The quantitative estimate of drug-likeness (QED) is 0.387. The Morgan fingerprint density at radius 3 is 2.06 bits per heavy atom. The summed E-state index contributed by atoms with van der Waals surface area (Å²) in [5, 5.41) is 11.2. The highest BCUT2D eigenvalue weighted by atomic mass is 32.2. The number of nitrogens with zero attached hydrogens (tertiary/aromatic N) is 2. The van der Waals surface area contributed by atoms with Crippen LogP contribution in [0, 0.1) is 10.1 Å². The number of non-ortho nitro benzene ring substituents is 1. The van der Waals surface area contributed by atoms with Gasteiger partial charge in [-0.05, 0) is 42.5 Å². The van der Waals surface area contributed by atoms with Crippen LogP contribution in [0.1, 0.15) is 0 Å². The molecule has 0 saturated carbocycles. The monoisotopic (exact) mass is 456 g/mol. The summed E-state index contributed by atoms with van der Waals surface area (Å²) in [6, 6.07) is 19.4. The fourth-order valence-corrected chi connectivity index (χ4v) is 4.69. The molecule has 3 aromatic carbocycles. The molecule has 32 heavy (non-hydrogen) atoms. The first kappa shape index (κ1) is 21.8. The van der Waals surface area contributed by atoms with Gasteiger partial charge in [0, 0.05) is 25.2 Å². The number of para-hydroxylation sites is 1. The summed E-state index contributed by atoms with van der Waals surface area (Å²) < 4.78 is 44.4. The van der Waals surface area contributed by atoms with E-state index in [1.165, 1.54) is 16.4 Å². The third-order valence-electron chi connectivity index (χ3n) is 4.76. The molecular formula is C22H20N2O7S. The zero-order valence-corrected chi connectivity index (χ0v) is 17.7. The lowest BCUT2D eigenvalue weighted by atomic mass is 10.3. The molecule has 1 aliphatic rings. The number of benzene rings is 3. The summed E-state index contributed by atoms with van der Waals surface area (Å²) >= 11 is 0. The third-order valence-corrected chi connectivity index (χ3v) is 6.68. The number of hydrogen-bond acceptors (Lipinski definition) is 7. The van der Waals surface area contributed by atoms with Crippen LogP contribution in [-0.2, 0) is 14.8 Å². The Hall–Kier alpha value is -3.47. The molecule has 3 aromatic rings. The maximum Gasteiger partial charge on any atom is 0.271 e. The van der Waals surface area contributed by atoms with E-state index in [4.69, 9.17) is 14.2 Å². The van der Waals surface area contributed by atoms with E-state index in [1.54, 1.807) is 24.3 Å². The van der Waals surface area contributed by atoms with Crippen LogP contribution in [0.15, 0.2) is 77.7 Å². The van der Waals surface area contributed by atoms with Crippen LogP contribution in [0.2, 0.25) is 0 Å². The highest BCUT2D eigenvalue weighted by Crippen LogP contribution is 2.35. The Morgan fingerprint density at radius 2 is 1.44 bits per heavy atom. The molecule has 0 radical (unpaired) electrons. The molecule has 0 aromatic heterocycles. The zero-order chi connectivity index (χ0) is 22.6. The number of sulfonamides is 1. The molecule has 1 saturated heterocycles. The molecule has 0 spiro atoms. The Kier molecular flexibility index (Phi) is 6.35. The Labute approximate surface area is 185 Å². The maximum atomic E-state index is 13.2. The summed E-state index contributed by atoms with van der Waals surface area (Å²) in [6.45, 7) is 0.840. The van der Waals surface area contributed by atoms with Crippen molar-refractivity contribution in [2.45, 2.75) is 4.90 Å².